The molecule has 2 aromatic rings. The van der Waals surface area contributed by atoms with E-state index < -0.39 is 24.5 Å². The van der Waals surface area contributed by atoms with Gasteiger partial charge in [0.1, 0.15) is 5.75 Å². The third kappa shape index (κ3) is 5.66. The van der Waals surface area contributed by atoms with Gasteiger partial charge in [0, 0.05) is 24.6 Å². The number of esters is 2. The van der Waals surface area contributed by atoms with Crippen LogP contribution in [-0.2, 0) is 14.3 Å². The summed E-state index contributed by atoms with van der Waals surface area (Å²) in [6.07, 6.45) is 5.55. The lowest BCUT2D eigenvalue weighted by Crippen LogP contribution is -2.38. The molecular weight excluding hydrogens is 422 g/mol. The van der Waals surface area contributed by atoms with Gasteiger partial charge in [-0.3, -0.25) is 14.4 Å². The number of carbonyl (C=O) groups is 4. The minimum atomic E-state index is -0.521. The van der Waals surface area contributed by atoms with Gasteiger partial charge in [-0.2, -0.15) is 0 Å². The van der Waals surface area contributed by atoms with Crippen molar-refractivity contribution in [3.05, 3.63) is 65.7 Å². The highest BCUT2D eigenvalue weighted by Crippen LogP contribution is 2.29. The van der Waals surface area contributed by atoms with Crippen molar-refractivity contribution in [1.82, 2.24) is 4.90 Å². The van der Waals surface area contributed by atoms with Gasteiger partial charge < -0.3 is 14.4 Å². The fourth-order valence-electron chi connectivity index (χ4n) is 4.42. The summed E-state index contributed by atoms with van der Waals surface area (Å²) in [4.78, 5) is 51.2. The zero-order chi connectivity index (χ0) is 23.2. The summed E-state index contributed by atoms with van der Waals surface area (Å²) in [5.74, 6) is -1.58. The van der Waals surface area contributed by atoms with Crippen molar-refractivity contribution in [2.75, 3.05) is 13.2 Å². The van der Waals surface area contributed by atoms with E-state index in [2.05, 4.69) is 0 Å². The Balaban J connectivity index is 1.26. The van der Waals surface area contributed by atoms with Crippen LogP contribution in [0.25, 0.3) is 0 Å². The quantitative estimate of drug-likeness (QED) is 0.363. The number of rotatable bonds is 7. The van der Waals surface area contributed by atoms with E-state index in [9.17, 15) is 19.2 Å². The van der Waals surface area contributed by atoms with E-state index in [-0.39, 0.29) is 24.2 Å². The summed E-state index contributed by atoms with van der Waals surface area (Å²) >= 11 is 0. The lowest BCUT2D eigenvalue weighted by Gasteiger charge is -2.31. The Morgan fingerprint density at radius 1 is 0.879 bits per heavy atom. The molecule has 33 heavy (non-hydrogen) atoms. The predicted molar refractivity (Wildman–Crippen MR) is 120 cm³/mol. The molecule has 0 unspecified atom stereocenters. The van der Waals surface area contributed by atoms with Gasteiger partial charge in [-0.15, -0.1) is 0 Å². The number of Topliss-reactive ketones (excluding diaryl/α,β-unsaturated/α-hetero) is 1. The summed E-state index contributed by atoms with van der Waals surface area (Å²) in [5.41, 5.74) is 0.769. The normalized spacial score (nSPS) is 18.7. The second-order valence-corrected chi connectivity index (χ2v) is 8.55. The Morgan fingerprint density at radius 2 is 1.58 bits per heavy atom. The molecule has 7 nitrogen and oxygen atoms in total. The van der Waals surface area contributed by atoms with Gasteiger partial charge >= 0.3 is 11.9 Å². The molecule has 4 rings (SSSR count). The molecule has 1 saturated heterocycles. The number of benzene rings is 2. The first kappa shape index (κ1) is 22.7. The Labute approximate surface area is 192 Å². The second-order valence-electron chi connectivity index (χ2n) is 8.55. The fraction of sp³-hybridized carbons (Fsp3) is 0.385. The Kier molecular flexibility index (Phi) is 7.17. The third-order valence-electron chi connectivity index (χ3n) is 6.25. The van der Waals surface area contributed by atoms with E-state index in [1.54, 1.807) is 30.3 Å². The van der Waals surface area contributed by atoms with Gasteiger partial charge in [0.25, 0.3) is 0 Å². The van der Waals surface area contributed by atoms with Crippen molar-refractivity contribution in [3.8, 4) is 5.75 Å². The highest BCUT2D eigenvalue weighted by molar-refractivity contribution is 5.98. The van der Waals surface area contributed by atoms with Gasteiger partial charge in [0.15, 0.2) is 12.4 Å². The number of likely N-dealkylation sites (tertiary alicyclic amines) is 1. The Hall–Kier alpha value is -3.48. The molecule has 1 saturated carbocycles. The summed E-state index contributed by atoms with van der Waals surface area (Å²) in [6.45, 7) is -0.0197. The topological polar surface area (TPSA) is 90.0 Å². The van der Waals surface area contributed by atoms with Crippen LogP contribution in [0.1, 0.15) is 59.2 Å². The van der Waals surface area contributed by atoms with Gasteiger partial charge in [-0.05, 0) is 49.2 Å². The van der Waals surface area contributed by atoms with Crippen molar-refractivity contribution in [1.29, 1.82) is 0 Å². The molecule has 2 aromatic carbocycles. The molecule has 0 bridgehead atoms. The van der Waals surface area contributed by atoms with Crippen molar-refractivity contribution in [2.24, 2.45) is 5.92 Å². The predicted octanol–water partition coefficient (Wildman–Crippen LogP) is 3.81. The number of ketones is 1. The summed E-state index contributed by atoms with van der Waals surface area (Å²) in [6, 6.07) is 14.9. The van der Waals surface area contributed by atoms with E-state index >= 15 is 0 Å². The van der Waals surface area contributed by atoms with Gasteiger partial charge in [-0.1, -0.05) is 37.5 Å². The molecule has 0 N–H and O–H groups in total. The summed E-state index contributed by atoms with van der Waals surface area (Å²) in [5, 5.41) is 0. The summed E-state index contributed by atoms with van der Waals surface area (Å²) < 4.78 is 10.5. The molecule has 1 amide bonds. The Morgan fingerprint density at radius 3 is 2.27 bits per heavy atom. The maximum atomic E-state index is 12.5. The average Bonchev–Trinajstić information content (AvgIpc) is 3.25. The van der Waals surface area contributed by atoms with Crippen LogP contribution in [0.5, 0.6) is 5.75 Å². The van der Waals surface area contributed by atoms with Gasteiger partial charge in [-0.25, -0.2) is 4.79 Å². The minimum Gasteiger partial charge on any atom is -0.457 e. The van der Waals surface area contributed by atoms with Crippen LogP contribution in [0.15, 0.2) is 54.6 Å². The molecule has 7 heteroatoms. The van der Waals surface area contributed by atoms with Crippen LogP contribution in [0.3, 0.4) is 0 Å². The van der Waals surface area contributed by atoms with Gasteiger partial charge in [0.05, 0.1) is 11.5 Å². The third-order valence-corrected chi connectivity index (χ3v) is 6.25. The standard InChI is InChI=1S/C26H27NO6/c28-23(18-11-13-22(14-12-18)33-26(31)19-7-3-1-4-8-19)17-32-25(30)20-15-24(29)27(16-20)21-9-5-2-6-10-21/h1,3-4,7-8,11-14,20-21H,2,5-6,9-10,15-17H2/t20-/m1/s1. The first-order valence-corrected chi connectivity index (χ1v) is 11.4. The molecule has 1 aliphatic heterocycles. The lowest BCUT2D eigenvalue weighted by atomic mass is 9.94. The van der Waals surface area contributed by atoms with Gasteiger partial charge in [0.2, 0.25) is 5.91 Å². The SMILES string of the molecule is O=C(COC(=O)[C@@H]1CC(=O)N(C2CCCCC2)C1)c1ccc(OC(=O)c2ccccc2)cc1. The van der Waals surface area contributed by atoms with Crippen LogP contribution in [0, 0.1) is 5.92 Å². The second kappa shape index (κ2) is 10.4. The van der Waals surface area contributed by atoms with Crippen molar-refractivity contribution in [3.63, 3.8) is 0 Å². The molecule has 0 spiro atoms. The van der Waals surface area contributed by atoms with E-state index in [0.29, 0.717) is 23.4 Å². The molecule has 1 atom stereocenters. The molecule has 1 aliphatic carbocycles. The molecular formula is C26H27NO6. The smallest absolute Gasteiger partial charge is 0.343 e. The Bertz CT molecular complexity index is 1010. The monoisotopic (exact) mass is 449 g/mol. The number of nitrogens with zero attached hydrogens (tertiary/aromatic N) is 1. The van der Waals surface area contributed by atoms with Crippen LogP contribution in [0.2, 0.25) is 0 Å². The van der Waals surface area contributed by atoms with Crippen LogP contribution < -0.4 is 4.74 Å². The first-order valence-electron chi connectivity index (χ1n) is 11.4. The molecule has 2 fully saturated rings. The van der Waals surface area contributed by atoms with Crippen molar-refractivity contribution in [2.45, 2.75) is 44.6 Å². The molecule has 2 aliphatic rings. The summed E-state index contributed by atoms with van der Waals surface area (Å²) in [7, 11) is 0. The van der Waals surface area contributed by atoms with E-state index in [1.165, 1.54) is 30.7 Å². The number of ether oxygens (including phenoxy) is 2. The number of carbonyl (C=O) groups excluding carboxylic acids is 4. The molecule has 1 heterocycles. The van der Waals surface area contributed by atoms with E-state index in [1.807, 2.05) is 4.90 Å². The zero-order valence-corrected chi connectivity index (χ0v) is 18.4. The highest BCUT2D eigenvalue weighted by Gasteiger charge is 2.39. The number of hydrogen-bond donors (Lipinski definition) is 0. The maximum Gasteiger partial charge on any atom is 0.343 e. The van der Waals surface area contributed by atoms with Crippen LogP contribution >= 0.6 is 0 Å². The van der Waals surface area contributed by atoms with E-state index in [0.717, 1.165) is 25.7 Å². The van der Waals surface area contributed by atoms with E-state index in [4.69, 9.17) is 9.47 Å². The first-order chi connectivity index (χ1) is 16.0. The van der Waals surface area contributed by atoms with Crippen molar-refractivity contribution >= 4 is 23.6 Å². The molecule has 172 valence electrons. The number of hydrogen-bond acceptors (Lipinski definition) is 6. The lowest BCUT2D eigenvalue weighted by molar-refractivity contribution is -0.147. The minimum absolute atomic E-state index is 0.00387. The molecule has 0 aromatic heterocycles. The maximum absolute atomic E-state index is 12.5. The zero-order valence-electron chi connectivity index (χ0n) is 18.4. The average molecular weight is 450 g/mol. The fourth-order valence-corrected chi connectivity index (χ4v) is 4.42. The largest absolute Gasteiger partial charge is 0.457 e. The molecule has 0 radical (unpaired) electrons. The number of amides is 1. The van der Waals surface area contributed by atoms with Crippen molar-refractivity contribution < 1.29 is 28.7 Å². The van der Waals surface area contributed by atoms with Crippen LogP contribution in [0.4, 0.5) is 0 Å². The van der Waals surface area contributed by atoms with Crippen LogP contribution in [-0.4, -0.2) is 47.7 Å². The highest BCUT2D eigenvalue weighted by atomic mass is 16.5.